The predicted molar refractivity (Wildman–Crippen MR) is 90.3 cm³/mol. The van der Waals surface area contributed by atoms with Crippen molar-refractivity contribution >= 4 is 17.7 Å². The zero-order valence-electron chi connectivity index (χ0n) is 13.4. The highest BCUT2D eigenvalue weighted by atomic mass is 32.2. The van der Waals surface area contributed by atoms with Gasteiger partial charge in [-0.05, 0) is 37.5 Å². The van der Waals surface area contributed by atoms with E-state index in [-0.39, 0.29) is 18.7 Å². The molecule has 4 rings (SSSR count). The van der Waals surface area contributed by atoms with Crippen LogP contribution >= 0.6 is 11.8 Å². The van der Waals surface area contributed by atoms with Crippen molar-refractivity contribution in [2.24, 2.45) is 0 Å². The first-order valence-corrected chi connectivity index (χ1v) is 9.04. The summed E-state index contributed by atoms with van der Waals surface area (Å²) in [6, 6.07) is 6.23. The van der Waals surface area contributed by atoms with Crippen LogP contribution in [0.5, 0.6) is 11.5 Å². The molecule has 2 aliphatic rings. The quantitative estimate of drug-likeness (QED) is 0.816. The van der Waals surface area contributed by atoms with Gasteiger partial charge < -0.3 is 19.4 Å². The van der Waals surface area contributed by atoms with E-state index in [1.54, 1.807) is 6.20 Å². The molecule has 1 aliphatic heterocycles. The van der Waals surface area contributed by atoms with E-state index in [0.29, 0.717) is 11.8 Å². The molecule has 1 fully saturated rings. The topological polar surface area (TPSA) is 65.4 Å². The molecule has 7 heteroatoms. The van der Waals surface area contributed by atoms with Gasteiger partial charge in [0.15, 0.2) is 16.7 Å². The number of amides is 1. The molecule has 0 radical (unpaired) electrons. The van der Waals surface area contributed by atoms with E-state index in [2.05, 4.69) is 14.9 Å². The summed E-state index contributed by atoms with van der Waals surface area (Å²) in [5.41, 5.74) is 0.997. The fourth-order valence-electron chi connectivity index (χ4n) is 2.72. The third-order valence-corrected chi connectivity index (χ3v) is 5.16. The van der Waals surface area contributed by atoms with Crippen molar-refractivity contribution in [3.63, 3.8) is 0 Å². The Labute approximate surface area is 144 Å². The van der Waals surface area contributed by atoms with Crippen molar-refractivity contribution < 1.29 is 14.3 Å². The van der Waals surface area contributed by atoms with Crippen LogP contribution in [0.25, 0.3) is 0 Å². The van der Waals surface area contributed by atoms with E-state index in [1.807, 2.05) is 31.3 Å². The van der Waals surface area contributed by atoms with Crippen LogP contribution in [0.4, 0.5) is 0 Å². The van der Waals surface area contributed by atoms with Crippen LogP contribution < -0.4 is 14.8 Å². The average molecular weight is 345 g/mol. The summed E-state index contributed by atoms with van der Waals surface area (Å²) in [6.07, 6.45) is 6.20. The molecule has 1 aromatic carbocycles. The number of hydrogen-bond donors (Lipinski definition) is 1. The van der Waals surface area contributed by atoms with E-state index < -0.39 is 0 Å². The zero-order chi connectivity index (χ0) is 16.5. The molecule has 6 nitrogen and oxygen atoms in total. The highest BCUT2D eigenvalue weighted by Crippen LogP contribution is 2.37. The van der Waals surface area contributed by atoms with E-state index in [1.165, 1.54) is 24.6 Å². The maximum atomic E-state index is 12.2. The summed E-state index contributed by atoms with van der Waals surface area (Å²) >= 11 is 1.48. The molecule has 1 atom stereocenters. The molecule has 1 unspecified atom stereocenters. The van der Waals surface area contributed by atoms with Crippen molar-refractivity contribution in [2.75, 3.05) is 12.5 Å². The van der Waals surface area contributed by atoms with E-state index in [9.17, 15) is 4.79 Å². The summed E-state index contributed by atoms with van der Waals surface area (Å²) in [5, 5.41) is 3.94. The lowest BCUT2D eigenvalue weighted by Gasteiger charge is -2.15. The third-order valence-electron chi connectivity index (χ3n) is 4.18. The van der Waals surface area contributed by atoms with Gasteiger partial charge in [-0.3, -0.25) is 4.79 Å². The Balaban J connectivity index is 1.33. The SMILES string of the molecule is CC(NC(=O)CSc1nccn1C1CC1)c1ccc2c(c1)OCO2. The molecule has 126 valence electrons. The van der Waals surface area contributed by atoms with Crippen LogP contribution in [0.15, 0.2) is 35.7 Å². The van der Waals surface area contributed by atoms with Crippen molar-refractivity contribution in [1.82, 2.24) is 14.9 Å². The van der Waals surface area contributed by atoms with Crippen molar-refractivity contribution in [2.45, 2.75) is 37.0 Å². The highest BCUT2D eigenvalue weighted by molar-refractivity contribution is 7.99. The standard InChI is InChI=1S/C17H19N3O3S/c1-11(12-2-5-14-15(8-12)23-10-22-14)19-16(21)9-24-17-18-6-7-20(17)13-3-4-13/h2,5-8,11,13H,3-4,9-10H2,1H3,(H,19,21). The third kappa shape index (κ3) is 3.21. The molecule has 2 heterocycles. The van der Waals surface area contributed by atoms with Crippen molar-refractivity contribution in [1.29, 1.82) is 0 Å². The monoisotopic (exact) mass is 345 g/mol. The van der Waals surface area contributed by atoms with Gasteiger partial charge in [-0.2, -0.15) is 0 Å². The summed E-state index contributed by atoms with van der Waals surface area (Å²) in [7, 11) is 0. The molecule has 1 N–H and O–H groups in total. The first kappa shape index (κ1) is 15.4. The Bertz CT molecular complexity index is 757. The van der Waals surface area contributed by atoms with Gasteiger partial charge >= 0.3 is 0 Å². The zero-order valence-corrected chi connectivity index (χ0v) is 14.2. The van der Waals surface area contributed by atoms with Gasteiger partial charge in [0.1, 0.15) is 0 Å². The van der Waals surface area contributed by atoms with Crippen LogP contribution in [0.3, 0.4) is 0 Å². The minimum Gasteiger partial charge on any atom is -0.454 e. The van der Waals surface area contributed by atoms with Crippen LogP contribution in [-0.2, 0) is 4.79 Å². The summed E-state index contributed by atoms with van der Waals surface area (Å²) in [4.78, 5) is 16.6. The molecule has 0 saturated heterocycles. The first-order chi connectivity index (χ1) is 11.7. The number of aromatic nitrogens is 2. The molecule has 1 amide bonds. The fraction of sp³-hybridized carbons (Fsp3) is 0.412. The van der Waals surface area contributed by atoms with Crippen molar-refractivity contribution in [3.8, 4) is 11.5 Å². The summed E-state index contributed by atoms with van der Waals surface area (Å²) in [6.45, 7) is 2.22. The number of nitrogens with one attached hydrogen (secondary N) is 1. The van der Waals surface area contributed by atoms with Crippen LogP contribution in [0, 0.1) is 0 Å². The Kier molecular flexibility index (Phi) is 4.10. The molecule has 24 heavy (non-hydrogen) atoms. The molecular formula is C17H19N3O3S. The molecular weight excluding hydrogens is 326 g/mol. The Morgan fingerprint density at radius 3 is 3.08 bits per heavy atom. The molecule has 1 saturated carbocycles. The second-order valence-electron chi connectivity index (χ2n) is 6.04. The van der Waals surface area contributed by atoms with E-state index in [0.717, 1.165) is 22.2 Å². The largest absolute Gasteiger partial charge is 0.454 e. The van der Waals surface area contributed by atoms with E-state index >= 15 is 0 Å². The minimum atomic E-state index is -0.0872. The minimum absolute atomic E-state index is 0.00415. The number of rotatable bonds is 6. The molecule has 0 bridgehead atoms. The summed E-state index contributed by atoms with van der Waals surface area (Å²) in [5.74, 6) is 1.84. The van der Waals surface area contributed by atoms with Gasteiger partial charge in [-0.25, -0.2) is 4.98 Å². The van der Waals surface area contributed by atoms with Gasteiger partial charge in [-0.15, -0.1) is 0 Å². The molecule has 1 aromatic heterocycles. The second kappa shape index (κ2) is 6.39. The highest BCUT2D eigenvalue weighted by Gasteiger charge is 2.25. The smallest absolute Gasteiger partial charge is 0.231 e. The number of nitrogens with zero attached hydrogens (tertiary/aromatic N) is 2. The van der Waals surface area contributed by atoms with Crippen LogP contribution in [-0.4, -0.2) is 28.0 Å². The van der Waals surface area contributed by atoms with Crippen molar-refractivity contribution in [3.05, 3.63) is 36.2 Å². The van der Waals surface area contributed by atoms with Gasteiger partial charge in [0.05, 0.1) is 11.8 Å². The van der Waals surface area contributed by atoms with Gasteiger partial charge in [0.2, 0.25) is 12.7 Å². The average Bonchev–Trinajstić information content (AvgIpc) is 3.13. The van der Waals surface area contributed by atoms with Crippen LogP contribution in [0.2, 0.25) is 0 Å². The second-order valence-corrected chi connectivity index (χ2v) is 6.98. The Morgan fingerprint density at radius 1 is 1.42 bits per heavy atom. The number of imidazole rings is 1. The molecule has 0 spiro atoms. The number of hydrogen-bond acceptors (Lipinski definition) is 5. The van der Waals surface area contributed by atoms with E-state index in [4.69, 9.17) is 9.47 Å². The predicted octanol–water partition coefficient (Wildman–Crippen LogP) is 2.92. The number of thioether (sulfide) groups is 1. The number of ether oxygens (including phenoxy) is 2. The van der Waals surface area contributed by atoms with Crippen LogP contribution in [0.1, 0.15) is 37.4 Å². The summed E-state index contributed by atoms with van der Waals surface area (Å²) < 4.78 is 12.9. The Morgan fingerprint density at radius 2 is 2.25 bits per heavy atom. The lowest BCUT2D eigenvalue weighted by atomic mass is 10.1. The number of carbonyl (C=O) groups is 1. The number of fused-ring (bicyclic) bond motifs is 1. The lowest BCUT2D eigenvalue weighted by Crippen LogP contribution is -2.28. The number of benzene rings is 1. The first-order valence-electron chi connectivity index (χ1n) is 8.05. The molecule has 1 aliphatic carbocycles. The number of carbonyl (C=O) groups excluding carboxylic acids is 1. The van der Waals surface area contributed by atoms with Gasteiger partial charge in [0.25, 0.3) is 0 Å². The normalized spacial score (nSPS) is 16.9. The maximum Gasteiger partial charge on any atom is 0.231 e. The Hall–Kier alpha value is -2.15. The van der Waals surface area contributed by atoms with Gasteiger partial charge in [0, 0.05) is 18.4 Å². The maximum absolute atomic E-state index is 12.2. The molecule has 2 aromatic rings. The lowest BCUT2D eigenvalue weighted by molar-refractivity contribution is -0.119. The van der Waals surface area contributed by atoms with Gasteiger partial charge in [-0.1, -0.05) is 17.8 Å². The fourth-order valence-corrected chi connectivity index (χ4v) is 3.56.